The van der Waals surface area contributed by atoms with Gasteiger partial charge in [-0.2, -0.15) is 0 Å². The topological polar surface area (TPSA) is 84.8 Å². The Labute approximate surface area is 169 Å². The van der Waals surface area contributed by atoms with E-state index >= 15 is 0 Å². The van der Waals surface area contributed by atoms with Gasteiger partial charge in [-0.3, -0.25) is 0 Å². The first-order valence-corrected chi connectivity index (χ1v) is 12.7. The highest BCUT2D eigenvalue weighted by Gasteiger charge is 2.40. The molecule has 27 heavy (non-hydrogen) atoms. The van der Waals surface area contributed by atoms with Crippen molar-refractivity contribution >= 4 is 10.1 Å². The van der Waals surface area contributed by atoms with Gasteiger partial charge in [0, 0.05) is 12.8 Å². The molecule has 164 valence electrons. The van der Waals surface area contributed by atoms with E-state index in [1.165, 1.54) is 70.6 Å². The number of hydrogen-bond acceptors (Lipinski definition) is 3. The molecule has 5 heteroatoms. The van der Waals surface area contributed by atoms with Crippen LogP contribution in [0.3, 0.4) is 0 Å². The molecule has 0 aliphatic heterocycles. The van der Waals surface area contributed by atoms with Gasteiger partial charge >= 0.3 is 0 Å². The zero-order valence-corrected chi connectivity index (χ0v) is 19.5. The van der Waals surface area contributed by atoms with Crippen molar-refractivity contribution in [2.45, 2.75) is 135 Å². The molecule has 0 rings (SSSR count). The Morgan fingerprint density at radius 1 is 0.704 bits per heavy atom. The van der Waals surface area contributed by atoms with Gasteiger partial charge in [-0.1, -0.05) is 111 Å². The first kappa shape index (κ1) is 26.9. The van der Waals surface area contributed by atoms with Gasteiger partial charge in [0.1, 0.15) is 0 Å². The average molecular weight is 406 g/mol. The third-order valence-corrected chi connectivity index (χ3v) is 6.78. The minimum absolute atomic E-state index is 0.213. The highest BCUT2D eigenvalue weighted by Crippen LogP contribution is 2.31. The Bertz CT molecular complexity index is 457. The molecule has 0 amide bonds. The Morgan fingerprint density at radius 2 is 1.04 bits per heavy atom. The Kier molecular flexibility index (Phi) is 13.9. The van der Waals surface area contributed by atoms with Crippen LogP contribution in [0.5, 0.6) is 0 Å². The summed E-state index contributed by atoms with van der Waals surface area (Å²) in [4.78, 5) is -1.37. The first-order valence-electron chi connectivity index (χ1n) is 11.3. The molecular formula is C22H47NO3S. The summed E-state index contributed by atoms with van der Waals surface area (Å²) in [7, 11) is -4.38. The van der Waals surface area contributed by atoms with Crippen molar-refractivity contribution in [2.24, 2.45) is 5.41 Å². The molecule has 3 N–H and O–H groups in total. The lowest BCUT2D eigenvalue weighted by Crippen LogP contribution is -2.77. The van der Waals surface area contributed by atoms with Crippen LogP contribution in [0.1, 0.15) is 130 Å². The first-order chi connectivity index (χ1) is 12.5. The van der Waals surface area contributed by atoms with Gasteiger partial charge in [-0.25, -0.2) is 8.42 Å². The van der Waals surface area contributed by atoms with Crippen molar-refractivity contribution in [3.05, 3.63) is 0 Å². The summed E-state index contributed by atoms with van der Waals surface area (Å²) in [5.74, 6) is 0. The highest BCUT2D eigenvalue weighted by molar-refractivity contribution is 7.86. The zero-order chi connectivity index (χ0) is 20.8. The molecule has 0 saturated heterocycles. The van der Waals surface area contributed by atoms with E-state index < -0.39 is 15.0 Å². The molecule has 0 saturated carbocycles. The Morgan fingerprint density at radius 3 is 1.33 bits per heavy atom. The van der Waals surface area contributed by atoms with Gasteiger partial charge < -0.3 is 10.3 Å². The Hall–Kier alpha value is -0.130. The number of quaternary nitrogens is 1. The summed E-state index contributed by atoms with van der Waals surface area (Å²) in [5, 5.41) is 0. The van der Waals surface area contributed by atoms with Crippen molar-refractivity contribution in [3.8, 4) is 0 Å². The van der Waals surface area contributed by atoms with Crippen molar-refractivity contribution in [1.82, 2.24) is 0 Å². The second kappa shape index (κ2) is 13.9. The van der Waals surface area contributed by atoms with Gasteiger partial charge in [0.15, 0.2) is 15.0 Å². The summed E-state index contributed by atoms with van der Waals surface area (Å²) < 4.78 is 35.0. The molecule has 0 aromatic rings. The molecule has 0 aromatic carbocycles. The smallest absolute Gasteiger partial charge is 0.184 e. The van der Waals surface area contributed by atoms with Crippen LogP contribution in [-0.2, 0) is 10.1 Å². The lowest BCUT2D eigenvalue weighted by atomic mass is 9.86. The summed E-state index contributed by atoms with van der Waals surface area (Å²) in [6.07, 6.45) is 18.4. The summed E-state index contributed by atoms with van der Waals surface area (Å²) in [5.41, 5.74) is 3.61. The second-order valence-corrected chi connectivity index (χ2v) is 11.5. The molecule has 0 aliphatic rings. The predicted molar refractivity (Wildman–Crippen MR) is 114 cm³/mol. The van der Waals surface area contributed by atoms with E-state index in [1.807, 2.05) is 20.8 Å². The molecule has 0 aliphatic carbocycles. The van der Waals surface area contributed by atoms with Crippen LogP contribution < -0.4 is 5.73 Å². The lowest BCUT2D eigenvalue weighted by molar-refractivity contribution is -0.450. The van der Waals surface area contributed by atoms with Crippen LogP contribution in [0.4, 0.5) is 0 Å². The van der Waals surface area contributed by atoms with E-state index in [2.05, 4.69) is 12.7 Å². The van der Waals surface area contributed by atoms with E-state index in [9.17, 15) is 13.0 Å². The summed E-state index contributed by atoms with van der Waals surface area (Å²) >= 11 is 0. The predicted octanol–water partition coefficient (Wildman–Crippen LogP) is 5.78. The largest absolute Gasteiger partial charge is 0.743 e. The van der Waals surface area contributed by atoms with Crippen LogP contribution in [0.2, 0.25) is 0 Å². The summed E-state index contributed by atoms with van der Waals surface area (Å²) in [6.45, 7) is 8.14. The van der Waals surface area contributed by atoms with Crippen molar-refractivity contribution in [3.63, 3.8) is 0 Å². The van der Waals surface area contributed by atoms with E-state index in [1.54, 1.807) is 0 Å². The highest BCUT2D eigenvalue weighted by atomic mass is 32.2. The van der Waals surface area contributed by atoms with Crippen molar-refractivity contribution < 1.29 is 18.7 Å². The molecule has 4 nitrogen and oxygen atoms in total. The van der Waals surface area contributed by atoms with Gasteiger partial charge in [0.05, 0.1) is 0 Å². The molecule has 0 aromatic heterocycles. The normalized spacial score (nSPS) is 15.0. The fourth-order valence-electron chi connectivity index (χ4n) is 3.91. The fraction of sp³-hybridized carbons (Fsp3) is 1.00. The third-order valence-electron chi connectivity index (χ3n) is 5.37. The van der Waals surface area contributed by atoms with Crippen LogP contribution in [0.25, 0.3) is 0 Å². The van der Waals surface area contributed by atoms with Gasteiger partial charge in [0.25, 0.3) is 0 Å². The Balaban J connectivity index is 3.72. The van der Waals surface area contributed by atoms with Crippen LogP contribution in [-0.4, -0.2) is 17.8 Å². The minimum atomic E-state index is -4.38. The molecule has 0 fully saturated rings. The SMILES string of the molecule is CCCCCCCCCCCCCCCCC([NH3+])(CC(C)(C)C)S(=O)(=O)[O-]. The lowest BCUT2D eigenvalue weighted by Gasteiger charge is -2.34. The van der Waals surface area contributed by atoms with Crippen molar-refractivity contribution in [2.75, 3.05) is 0 Å². The standard InChI is InChI=1S/C22H47NO3S/c1-5-6-7-8-9-10-11-12-13-14-15-16-17-18-19-22(23,27(24,25)26)20-21(2,3)4/h5-20,23H2,1-4H3,(H,24,25,26). The van der Waals surface area contributed by atoms with Gasteiger partial charge in [-0.15, -0.1) is 0 Å². The second-order valence-electron chi connectivity index (χ2n) is 9.72. The zero-order valence-electron chi connectivity index (χ0n) is 18.7. The molecule has 0 radical (unpaired) electrons. The van der Waals surface area contributed by atoms with Gasteiger partial charge in [-0.05, 0) is 11.8 Å². The minimum Gasteiger partial charge on any atom is -0.743 e. The third kappa shape index (κ3) is 14.5. The van der Waals surface area contributed by atoms with Gasteiger partial charge in [0.2, 0.25) is 0 Å². The number of rotatable bonds is 17. The van der Waals surface area contributed by atoms with E-state index in [0.717, 1.165) is 19.3 Å². The van der Waals surface area contributed by atoms with E-state index in [-0.39, 0.29) is 5.41 Å². The van der Waals surface area contributed by atoms with Crippen LogP contribution in [0.15, 0.2) is 0 Å². The van der Waals surface area contributed by atoms with Crippen molar-refractivity contribution in [1.29, 1.82) is 0 Å². The molecule has 1 unspecified atom stereocenters. The summed E-state index contributed by atoms with van der Waals surface area (Å²) in [6, 6.07) is 0. The monoisotopic (exact) mass is 405 g/mol. The molecule has 0 spiro atoms. The number of hydrogen-bond donors (Lipinski definition) is 1. The maximum absolute atomic E-state index is 11.7. The number of unbranched alkanes of at least 4 members (excludes halogenated alkanes) is 13. The molecular weight excluding hydrogens is 358 g/mol. The maximum Gasteiger partial charge on any atom is 0.184 e. The maximum atomic E-state index is 11.7. The molecule has 0 bridgehead atoms. The van der Waals surface area contributed by atoms with E-state index in [4.69, 9.17) is 0 Å². The van der Waals surface area contributed by atoms with E-state index in [0.29, 0.717) is 12.8 Å². The quantitative estimate of drug-likeness (QED) is 0.246. The molecule has 1 atom stereocenters. The fourth-order valence-corrected chi connectivity index (χ4v) is 4.91. The van der Waals surface area contributed by atoms with Crippen LogP contribution >= 0.6 is 0 Å². The average Bonchev–Trinajstić information content (AvgIpc) is 2.52. The van der Waals surface area contributed by atoms with Crippen LogP contribution in [0, 0.1) is 5.41 Å². The molecule has 0 heterocycles.